The Bertz CT molecular complexity index is 1570. The normalized spacial score (nSPS) is 13.6. The van der Waals surface area contributed by atoms with Crippen molar-refractivity contribution in [1.82, 2.24) is 14.1 Å². The van der Waals surface area contributed by atoms with E-state index in [0.29, 0.717) is 5.52 Å². The van der Waals surface area contributed by atoms with Gasteiger partial charge in [-0.3, -0.25) is 4.57 Å². The SMILES string of the molecule is [2H]C([2H])([2H])[n+]1[c-]n(-c2cccc(-n3c4ccccc4c4cccnc43)c2)c2ccccc21. The summed E-state index contributed by atoms with van der Waals surface area (Å²) < 4.78 is 28.9. The molecule has 0 aliphatic rings. The Balaban J connectivity index is 1.62. The highest BCUT2D eigenvalue weighted by Crippen LogP contribution is 2.31. The topological polar surface area (TPSA) is 26.6 Å². The number of aromatic nitrogens is 4. The smallest absolute Gasteiger partial charge is 0.244 e. The lowest BCUT2D eigenvalue weighted by atomic mass is 10.2. The molecule has 6 aromatic rings. The van der Waals surface area contributed by atoms with Crippen LogP contribution in [0.15, 0.2) is 91.1 Å². The van der Waals surface area contributed by atoms with Crippen LogP contribution in [0.3, 0.4) is 0 Å². The molecule has 0 atom stereocenters. The number of fused-ring (bicyclic) bond motifs is 4. The van der Waals surface area contributed by atoms with Crippen LogP contribution in [0.1, 0.15) is 4.11 Å². The van der Waals surface area contributed by atoms with Crippen LogP contribution in [0.2, 0.25) is 0 Å². The van der Waals surface area contributed by atoms with Crippen LogP contribution in [-0.4, -0.2) is 14.1 Å². The first-order valence-corrected chi connectivity index (χ1v) is 9.43. The second-order valence-corrected chi connectivity index (χ2v) is 7.01. The Hall–Kier alpha value is -3.92. The number of imidazole rings is 1. The molecular formula is C25H18N4. The molecule has 0 saturated carbocycles. The number of pyridine rings is 1. The minimum atomic E-state index is -2.32. The van der Waals surface area contributed by atoms with Gasteiger partial charge >= 0.3 is 0 Å². The van der Waals surface area contributed by atoms with Crippen LogP contribution in [0.5, 0.6) is 0 Å². The summed E-state index contributed by atoms with van der Waals surface area (Å²) in [5, 5.41) is 2.23. The average Bonchev–Trinajstić information content (AvgIpc) is 3.36. The van der Waals surface area contributed by atoms with Crippen molar-refractivity contribution in [3.05, 3.63) is 97.5 Å². The van der Waals surface area contributed by atoms with Crippen LogP contribution in [0, 0.1) is 6.33 Å². The first-order valence-electron chi connectivity index (χ1n) is 10.9. The number of aryl methyl sites for hydroxylation is 1. The van der Waals surface area contributed by atoms with Crippen molar-refractivity contribution in [3.8, 4) is 11.4 Å². The maximum Gasteiger partial charge on any atom is 0.244 e. The van der Waals surface area contributed by atoms with Crippen molar-refractivity contribution in [3.63, 3.8) is 0 Å². The molecule has 3 aromatic carbocycles. The van der Waals surface area contributed by atoms with Gasteiger partial charge in [-0.25, -0.2) is 4.98 Å². The number of hydrogen-bond donors (Lipinski definition) is 0. The highest BCUT2D eigenvalue weighted by Gasteiger charge is 2.13. The van der Waals surface area contributed by atoms with Gasteiger partial charge in [0.1, 0.15) is 5.65 Å². The third-order valence-electron chi connectivity index (χ3n) is 5.34. The van der Waals surface area contributed by atoms with Gasteiger partial charge in [0.15, 0.2) is 0 Å². The van der Waals surface area contributed by atoms with E-state index in [9.17, 15) is 0 Å². The van der Waals surface area contributed by atoms with E-state index in [2.05, 4.69) is 34.1 Å². The largest absolute Gasteiger partial charge is 0.319 e. The van der Waals surface area contributed by atoms with Gasteiger partial charge in [0, 0.05) is 22.7 Å². The molecule has 4 nitrogen and oxygen atoms in total. The Kier molecular flexibility index (Phi) is 2.77. The van der Waals surface area contributed by atoms with Crippen LogP contribution >= 0.6 is 0 Å². The van der Waals surface area contributed by atoms with Crippen molar-refractivity contribution in [2.45, 2.75) is 0 Å². The van der Waals surface area contributed by atoms with Crippen LogP contribution in [0.4, 0.5) is 0 Å². The van der Waals surface area contributed by atoms with Gasteiger partial charge in [-0.2, -0.15) is 0 Å². The van der Waals surface area contributed by atoms with Crippen molar-refractivity contribution in [2.24, 2.45) is 6.98 Å². The summed E-state index contributed by atoms with van der Waals surface area (Å²) >= 11 is 0. The Morgan fingerprint density at radius 1 is 0.828 bits per heavy atom. The van der Waals surface area contributed by atoms with Crippen LogP contribution < -0.4 is 4.57 Å². The molecule has 0 saturated heterocycles. The van der Waals surface area contributed by atoms with E-state index in [1.54, 1.807) is 16.8 Å². The van der Waals surface area contributed by atoms with Gasteiger partial charge < -0.3 is 9.13 Å². The fourth-order valence-electron chi connectivity index (χ4n) is 4.08. The molecule has 0 spiro atoms. The fraction of sp³-hybridized carbons (Fsp3) is 0.0400. The molecule has 0 radical (unpaired) electrons. The van der Waals surface area contributed by atoms with Crippen molar-refractivity contribution >= 4 is 33.0 Å². The summed E-state index contributed by atoms with van der Waals surface area (Å²) in [6.45, 7) is -2.32. The fourth-order valence-corrected chi connectivity index (χ4v) is 4.08. The molecular weight excluding hydrogens is 356 g/mol. The van der Waals surface area contributed by atoms with Crippen LogP contribution in [0.25, 0.3) is 44.3 Å². The van der Waals surface area contributed by atoms with E-state index in [1.165, 1.54) is 4.57 Å². The van der Waals surface area contributed by atoms with Gasteiger partial charge in [-0.15, -0.1) is 0 Å². The molecule has 0 bridgehead atoms. The first kappa shape index (κ1) is 13.3. The van der Waals surface area contributed by atoms with Gasteiger partial charge in [0.2, 0.25) is 6.33 Å². The van der Waals surface area contributed by atoms with Gasteiger partial charge in [-0.1, -0.05) is 54.6 Å². The highest BCUT2D eigenvalue weighted by molar-refractivity contribution is 6.07. The van der Waals surface area contributed by atoms with E-state index in [4.69, 9.17) is 4.11 Å². The predicted molar refractivity (Wildman–Crippen MR) is 115 cm³/mol. The monoisotopic (exact) mass is 377 g/mol. The number of hydrogen-bond acceptors (Lipinski definition) is 1. The Labute approximate surface area is 172 Å². The van der Waals surface area contributed by atoms with Crippen molar-refractivity contribution in [2.75, 3.05) is 0 Å². The molecule has 0 N–H and O–H groups in total. The third-order valence-corrected chi connectivity index (χ3v) is 5.34. The van der Waals surface area contributed by atoms with Gasteiger partial charge in [0.25, 0.3) is 0 Å². The Morgan fingerprint density at radius 3 is 2.55 bits per heavy atom. The van der Waals surface area contributed by atoms with E-state index in [0.717, 1.165) is 38.8 Å². The predicted octanol–water partition coefficient (Wildman–Crippen LogP) is 4.75. The number of para-hydroxylation sites is 3. The molecule has 4 heteroatoms. The summed E-state index contributed by atoms with van der Waals surface area (Å²) in [4.78, 5) is 4.65. The van der Waals surface area contributed by atoms with Crippen molar-refractivity contribution < 1.29 is 8.68 Å². The molecule has 0 aliphatic carbocycles. The lowest BCUT2D eigenvalue weighted by molar-refractivity contribution is -0.649. The third kappa shape index (κ3) is 2.32. The van der Waals surface area contributed by atoms with E-state index >= 15 is 0 Å². The molecule has 29 heavy (non-hydrogen) atoms. The molecule has 138 valence electrons. The average molecular weight is 377 g/mol. The summed E-state index contributed by atoms with van der Waals surface area (Å²) in [5.74, 6) is 0. The number of benzene rings is 3. The van der Waals surface area contributed by atoms with E-state index in [-0.39, 0.29) is 0 Å². The summed E-state index contributed by atoms with van der Waals surface area (Å²) in [5.41, 5.74) is 5.10. The minimum Gasteiger partial charge on any atom is -0.319 e. The maximum atomic E-state index is 7.91. The van der Waals surface area contributed by atoms with E-state index in [1.807, 2.05) is 60.7 Å². The molecule has 0 aliphatic heterocycles. The standard InChI is InChI=1S/C25H18N4/c1-27-17-28(24-14-5-4-13-23(24)27)18-8-6-9-19(16-18)29-22-12-3-2-10-20(22)21-11-7-15-26-25(21)29/h2-16H,1H3/i1D3. The van der Waals surface area contributed by atoms with Gasteiger partial charge in [-0.05, 0) is 30.3 Å². The van der Waals surface area contributed by atoms with Crippen molar-refractivity contribution in [1.29, 1.82) is 0 Å². The summed E-state index contributed by atoms with van der Waals surface area (Å²) in [7, 11) is 0. The number of nitrogens with zero attached hydrogens (tertiary/aromatic N) is 4. The lowest BCUT2D eigenvalue weighted by Gasteiger charge is -2.11. The maximum absolute atomic E-state index is 7.91. The lowest BCUT2D eigenvalue weighted by Crippen LogP contribution is -2.26. The molecule has 0 fully saturated rings. The highest BCUT2D eigenvalue weighted by atomic mass is 15.1. The zero-order chi connectivity index (χ0) is 21.9. The first-order chi connectivity index (χ1) is 15.5. The zero-order valence-electron chi connectivity index (χ0n) is 18.4. The molecule has 6 rings (SSSR count). The minimum absolute atomic E-state index is 0.608. The van der Waals surface area contributed by atoms with Gasteiger partial charge in [0.05, 0.1) is 33.3 Å². The molecule has 3 aromatic heterocycles. The quantitative estimate of drug-likeness (QED) is 0.316. The molecule has 0 amide bonds. The molecule has 3 heterocycles. The molecule has 0 unspecified atom stereocenters. The van der Waals surface area contributed by atoms with E-state index < -0.39 is 6.98 Å². The zero-order valence-corrected chi connectivity index (χ0v) is 15.4. The summed E-state index contributed by atoms with van der Waals surface area (Å²) in [6, 6.07) is 27.7. The number of rotatable bonds is 2. The second kappa shape index (κ2) is 6.04. The Morgan fingerprint density at radius 2 is 1.62 bits per heavy atom. The second-order valence-electron chi connectivity index (χ2n) is 7.01. The van der Waals surface area contributed by atoms with Crippen LogP contribution in [-0.2, 0) is 6.98 Å². The summed E-state index contributed by atoms with van der Waals surface area (Å²) in [6.07, 6.45) is 4.84.